The van der Waals surface area contributed by atoms with Crippen LogP contribution >= 0.6 is 0 Å². The first-order chi connectivity index (χ1) is 7.18. The number of carbonyl (C=O) groups excluding carboxylic acids is 1. The van der Waals surface area contributed by atoms with E-state index in [1.165, 1.54) is 6.92 Å². The fraction of sp³-hybridized carbons (Fsp3) is 0.625. The molecule has 0 radical (unpaired) electrons. The fourth-order valence-corrected chi connectivity index (χ4v) is 0.421. The highest BCUT2D eigenvalue weighted by atomic mass is 16.4. The van der Waals surface area contributed by atoms with Gasteiger partial charge in [-0.1, -0.05) is 0 Å². The van der Waals surface area contributed by atoms with Gasteiger partial charge in [-0.25, -0.2) is 0 Å². The quantitative estimate of drug-likeness (QED) is 0.369. The van der Waals surface area contributed by atoms with Gasteiger partial charge in [0.1, 0.15) is 12.1 Å². The molecule has 0 saturated carbocycles. The van der Waals surface area contributed by atoms with E-state index in [1.807, 2.05) is 0 Å². The molecule has 2 atom stereocenters. The Morgan fingerprint density at radius 2 is 1.50 bits per heavy atom. The number of aliphatic carboxylic acids is 2. The third kappa shape index (κ3) is 12.3. The van der Waals surface area contributed by atoms with E-state index in [9.17, 15) is 14.4 Å². The second-order valence-electron chi connectivity index (χ2n) is 3.08. The molecule has 0 heterocycles. The van der Waals surface area contributed by atoms with Crippen molar-refractivity contribution in [2.24, 2.45) is 17.2 Å². The standard InChI is InChI=1S/C5H10N2O3.C3H7NO2/c6-3(5(9)10)1-2-4(7)8;1-2(4)3(5)6/h3H,1-2,6H2,(H2,7,8)(H,9,10);2H,4H2,1H3,(H,5,6)/t3-;/m0./s1. The van der Waals surface area contributed by atoms with Crippen molar-refractivity contribution in [2.45, 2.75) is 31.8 Å². The van der Waals surface area contributed by atoms with E-state index in [1.54, 1.807) is 0 Å². The van der Waals surface area contributed by atoms with Gasteiger partial charge in [-0.2, -0.15) is 0 Å². The minimum Gasteiger partial charge on any atom is -0.480 e. The Labute approximate surface area is 92.4 Å². The van der Waals surface area contributed by atoms with E-state index in [4.69, 9.17) is 27.4 Å². The zero-order valence-corrected chi connectivity index (χ0v) is 8.92. The van der Waals surface area contributed by atoms with Crippen LogP contribution in [0.3, 0.4) is 0 Å². The lowest BCUT2D eigenvalue weighted by atomic mass is 10.2. The van der Waals surface area contributed by atoms with Crippen LogP contribution in [-0.4, -0.2) is 40.1 Å². The number of hydrogen-bond acceptors (Lipinski definition) is 5. The van der Waals surface area contributed by atoms with Gasteiger partial charge >= 0.3 is 11.9 Å². The first-order valence-corrected chi connectivity index (χ1v) is 4.43. The molecule has 94 valence electrons. The van der Waals surface area contributed by atoms with Gasteiger partial charge in [-0.05, 0) is 13.3 Å². The van der Waals surface area contributed by atoms with Gasteiger partial charge < -0.3 is 27.4 Å². The molecule has 0 aliphatic heterocycles. The van der Waals surface area contributed by atoms with Crippen molar-refractivity contribution in [3.8, 4) is 0 Å². The molecule has 0 aliphatic carbocycles. The molecule has 8 nitrogen and oxygen atoms in total. The van der Waals surface area contributed by atoms with Crippen LogP contribution in [-0.2, 0) is 14.4 Å². The van der Waals surface area contributed by atoms with Crippen LogP contribution in [0.1, 0.15) is 19.8 Å². The number of rotatable bonds is 5. The van der Waals surface area contributed by atoms with Gasteiger partial charge in [0, 0.05) is 6.42 Å². The summed E-state index contributed by atoms with van der Waals surface area (Å²) in [7, 11) is 0. The third-order valence-corrected chi connectivity index (χ3v) is 1.41. The van der Waals surface area contributed by atoms with E-state index in [0.29, 0.717) is 0 Å². The zero-order chi connectivity index (χ0) is 13.3. The van der Waals surface area contributed by atoms with Crippen LogP contribution in [0.5, 0.6) is 0 Å². The maximum absolute atomic E-state index is 10.1. The van der Waals surface area contributed by atoms with Crippen LogP contribution in [0.4, 0.5) is 0 Å². The monoisotopic (exact) mass is 235 g/mol. The normalized spacial score (nSPS) is 12.9. The first-order valence-electron chi connectivity index (χ1n) is 4.43. The molecule has 0 aliphatic rings. The Morgan fingerprint density at radius 3 is 1.69 bits per heavy atom. The number of carboxylic acid groups (broad SMARTS) is 2. The summed E-state index contributed by atoms with van der Waals surface area (Å²) in [4.78, 5) is 29.7. The van der Waals surface area contributed by atoms with Crippen molar-refractivity contribution in [3.05, 3.63) is 0 Å². The maximum Gasteiger partial charge on any atom is 0.320 e. The van der Waals surface area contributed by atoms with Crippen LogP contribution in [0.25, 0.3) is 0 Å². The summed E-state index contributed by atoms with van der Waals surface area (Å²) in [5.41, 5.74) is 14.6. The van der Waals surface area contributed by atoms with Crippen molar-refractivity contribution in [3.63, 3.8) is 0 Å². The minimum absolute atomic E-state index is 0.0213. The molecule has 8 N–H and O–H groups in total. The lowest BCUT2D eigenvalue weighted by molar-refractivity contribution is -0.139. The number of carbonyl (C=O) groups is 3. The third-order valence-electron chi connectivity index (χ3n) is 1.41. The number of nitrogens with two attached hydrogens (primary N) is 3. The Kier molecular flexibility index (Phi) is 9.03. The van der Waals surface area contributed by atoms with Crippen LogP contribution in [0.15, 0.2) is 0 Å². The molecule has 16 heavy (non-hydrogen) atoms. The highest BCUT2D eigenvalue weighted by molar-refractivity contribution is 5.77. The molecule has 0 rings (SSSR count). The molecular weight excluding hydrogens is 218 g/mol. The predicted molar refractivity (Wildman–Crippen MR) is 55.3 cm³/mol. The Morgan fingerprint density at radius 1 is 1.12 bits per heavy atom. The summed E-state index contributed by atoms with van der Waals surface area (Å²) in [5, 5.41) is 16.1. The molecule has 0 saturated heterocycles. The van der Waals surface area contributed by atoms with Crippen molar-refractivity contribution < 1.29 is 24.6 Å². The van der Waals surface area contributed by atoms with Gasteiger partial charge in [-0.15, -0.1) is 0 Å². The van der Waals surface area contributed by atoms with Crippen molar-refractivity contribution in [2.75, 3.05) is 0 Å². The maximum atomic E-state index is 10.1. The van der Waals surface area contributed by atoms with Gasteiger partial charge in [0.05, 0.1) is 0 Å². The molecule has 1 amide bonds. The average Bonchev–Trinajstić information content (AvgIpc) is 2.14. The molecule has 1 unspecified atom stereocenters. The van der Waals surface area contributed by atoms with Crippen LogP contribution < -0.4 is 17.2 Å². The summed E-state index contributed by atoms with van der Waals surface area (Å²) in [5.74, 6) is -2.60. The van der Waals surface area contributed by atoms with Crippen molar-refractivity contribution in [1.82, 2.24) is 0 Å². The van der Waals surface area contributed by atoms with E-state index in [-0.39, 0.29) is 12.8 Å². The van der Waals surface area contributed by atoms with Crippen molar-refractivity contribution in [1.29, 1.82) is 0 Å². The summed E-state index contributed by atoms with van der Waals surface area (Å²) in [6.45, 7) is 1.42. The van der Waals surface area contributed by atoms with Crippen LogP contribution in [0, 0.1) is 0 Å². The van der Waals surface area contributed by atoms with E-state index >= 15 is 0 Å². The Balaban J connectivity index is 0. The second-order valence-corrected chi connectivity index (χ2v) is 3.08. The lowest BCUT2D eigenvalue weighted by Crippen LogP contribution is -2.31. The number of primary amides is 1. The van der Waals surface area contributed by atoms with E-state index < -0.39 is 29.9 Å². The topological polar surface area (TPSA) is 170 Å². The zero-order valence-electron chi connectivity index (χ0n) is 8.92. The minimum atomic E-state index is -1.11. The second kappa shape index (κ2) is 8.62. The SMILES string of the molecule is CC(N)C(=O)O.NC(=O)CC[C@H](N)C(=O)O. The molecule has 0 fully saturated rings. The average molecular weight is 235 g/mol. The summed E-state index contributed by atoms with van der Waals surface area (Å²) < 4.78 is 0. The molecule has 0 aromatic rings. The number of hydrogen-bond donors (Lipinski definition) is 5. The van der Waals surface area contributed by atoms with E-state index in [2.05, 4.69) is 0 Å². The van der Waals surface area contributed by atoms with E-state index in [0.717, 1.165) is 0 Å². The molecule has 0 aromatic carbocycles. The largest absolute Gasteiger partial charge is 0.480 e. The molecule has 8 heteroatoms. The molecule has 0 bridgehead atoms. The highest BCUT2D eigenvalue weighted by Crippen LogP contribution is 1.92. The van der Waals surface area contributed by atoms with Gasteiger partial charge in [-0.3, -0.25) is 14.4 Å². The number of amides is 1. The van der Waals surface area contributed by atoms with Gasteiger partial charge in [0.2, 0.25) is 5.91 Å². The lowest BCUT2D eigenvalue weighted by Gasteiger charge is -2.01. The smallest absolute Gasteiger partial charge is 0.320 e. The van der Waals surface area contributed by atoms with Gasteiger partial charge in [0.15, 0.2) is 0 Å². The molecule has 0 spiro atoms. The van der Waals surface area contributed by atoms with Crippen molar-refractivity contribution >= 4 is 17.8 Å². The number of carboxylic acids is 2. The van der Waals surface area contributed by atoms with Crippen LogP contribution in [0.2, 0.25) is 0 Å². The summed E-state index contributed by atoms with van der Waals surface area (Å²) >= 11 is 0. The fourth-order valence-electron chi connectivity index (χ4n) is 0.421. The summed E-state index contributed by atoms with van der Waals surface area (Å²) in [6.07, 6.45) is 0.123. The summed E-state index contributed by atoms with van der Waals surface area (Å²) in [6, 6.07) is -1.71. The Hall–Kier alpha value is -1.67. The molecule has 0 aromatic heterocycles. The van der Waals surface area contributed by atoms with Gasteiger partial charge in [0.25, 0.3) is 0 Å². The first kappa shape index (κ1) is 16.7. The Bertz CT molecular complexity index is 254. The predicted octanol–water partition coefficient (Wildman–Crippen LogP) is -1.92. The highest BCUT2D eigenvalue weighted by Gasteiger charge is 2.11. The molecular formula is C8H17N3O5.